The van der Waals surface area contributed by atoms with E-state index in [-0.39, 0.29) is 5.12 Å². The molecular formula is C16H15NOS. The molecule has 1 heterocycles. The van der Waals surface area contributed by atoms with Gasteiger partial charge in [-0.05, 0) is 29.9 Å². The van der Waals surface area contributed by atoms with Gasteiger partial charge < -0.3 is 0 Å². The zero-order valence-corrected chi connectivity index (χ0v) is 11.4. The lowest BCUT2D eigenvalue weighted by atomic mass is 10.2. The Kier molecular flexibility index (Phi) is 3.47. The Hall–Kier alpha value is -1.87. The van der Waals surface area contributed by atoms with Crippen LogP contribution in [0, 0.1) is 0 Å². The second-order valence-corrected chi connectivity index (χ2v) is 6.52. The number of aliphatic imine (C=N–C) groups is 1. The first kappa shape index (κ1) is 12.2. The number of carbonyl (C=O) groups excluding carboxylic acids is 1. The van der Waals surface area contributed by atoms with Gasteiger partial charge in [0.15, 0.2) is 0 Å². The molecule has 3 rings (SSSR count). The molecule has 2 nitrogen and oxygen atoms in total. The minimum Gasteiger partial charge on any atom is -0.283 e. The SMILES string of the molecule is O=C1c2ccccc2N=C[SH]1CCc1ccccc1. The fourth-order valence-corrected chi connectivity index (χ4v) is 3.84. The highest BCUT2D eigenvalue weighted by Crippen LogP contribution is 2.37. The monoisotopic (exact) mass is 269 g/mol. The summed E-state index contributed by atoms with van der Waals surface area (Å²) in [6, 6.07) is 17.9. The quantitative estimate of drug-likeness (QED) is 0.845. The van der Waals surface area contributed by atoms with Gasteiger partial charge in [-0.3, -0.25) is 9.79 Å². The molecule has 1 aliphatic heterocycles. The zero-order chi connectivity index (χ0) is 13.1. The lowest BCUT2D eigenvalue weighted by molar-refractivity contribution is 0.108. The number of para-hydroxylation sites is 1. The predicted octanol–water partition coefficient (Wildman–Crippen LogP) is 3.74. The second kappa shape index (κ2) is 5.41. The molecule has 19 heavy (non-hydrogen) atoms. The van der Waals surface area contributed by atoms with E-state index in [1.807, 2.05) is 48.0 Å². The third-order valence-electron chi connectivity index (χ3n) is 3.22. The third kappa shape index (κ3) is 2.61. The van der Waals surface area contributed by atoms with Crippen LogP contribution >= 0.6 is 10.9 Å². The molecule has 0 bridgehead atoms. The van der Waals surface area contributed by atoms with Crippen LogP contribution < -0.4 is 0 Å². The molecule has 3 heteroatoms. The van der Waals surface area contributed by atoms with Crippen LogP contribution in [0.25, 0.3) is 0 Å². The average molecular weight is 269 g/mol. The third-order valence-corrected chi connectivity index (χ3v) is 5.08. The highest BCUT2D eigenvalue weighted by Gasteiger charge is 2.20. The molecule has 0 N–H and O–H groups in total. The normalized spacial score (nSPS) is 19.2. The first-order chi connectivity index (χ1) is 9.34. The van der Waals surface area contributed by atoms with Crippen LogP contribution in [0.1, 0.15) is 15.9 Å². The van der Waals surface area contributed by atoms with Gasteiger partial charge in [-0.2, -0.15) is 10.9 Å². The fourth-order valence-electron chi connectivity index (χ4n) is 2.16. The number of thiol groups is 1. The Morgan fingerprint density at radius 3 is 2.53 bits per heavy atom. The van der Waals surface area contributed by atoms with Gasteiger partial charge in [-0.1, -0.05) is 42.5 Å². The van der Waals surface area contributed by atoms with Gasteiger partial charge in [0, 0.05) is 5.55 Å². The minimum absolute atomic E-state index is 0.261. The van der Waals surface area contributed by atoms with Crippen LogP contribution in [0.5, 0.6) is 0 Å². The van der Waals surface area contributed by atoms with E-state index >= 15 is 0 Å². The van der Waals surface area contributed by atoms with E-state index in [2.05, 4.69) is 17.1 Å². The van der Waals surface area contributed by atoms with Crippen molar-refractivity contribution in [3.63, 3.8) is 0 Å². The number of fused-ring (bicyclic) bond motifs is 1. The summed E-state index contributed by atoms with van der Waals surface area (Å²) >= 11 is 0. The van der Waals surface area contributed by atoms with Crippen molar-refractivity contribution in [2.45, 2.75) is 6.42 Å². The molecule has 0 saturated carbocycles. The number of aryl methyl sites for hydroxylation is 1. The summed E-state index contributed by atoms with van der Waals surface area (Å²) < 4.78 is 0. The Bertz CT molecular complexity index is 622. The highest BCUT2D eigenvalue weighted by atomic mass is 32.2. The van der Waals surface area contributed by atoms with Crippen molar-refractivity contribution in [2.75, 3.05) is 5.75 Å². The summed E-state index contributed by atoms with van der Waals surface area (Å²) in [6.07, 6.45) is 0.937. The molecule has 0 aliphatic carbocycles. The summed E-state index contributed by atoms with van der Waals surface area (Å²) in [5, 5.41) is 0.261. The molecule has 0 saturated heterocycles. The summed E-state index contributed by atoms with van der Waals surface area (Å²) in [4.78, 5) is 16.8. The molecule has 2 aromatic carbocycles. The van der Waals surface area contributed by atoms with Crippen LogP contribution in [0.3, 0.4) is 0 Å². The lowest BCUT2D eigenvalue weighted by Gasteiger charge is -2.20. The maximum Gasteiger partial charge on any atom is 0.206 e. The second-order valence-electron chi connectivity index (χ2n) is 4.50. The number of hydrogen-bond donors (Lipinski definition) is 1. The number of hydrogen-bond acceptors (Lipinski definition) is 2. The van der Waals surface area contributed by atoms with Crippen molar-refractivity contribution >= 4 is 27.2 Å². The van der Waals surface area contributed by atoms with E-state index in [0.717, 1.165) is 23.4 Å². The Labute approximate surface area is 115 Å². The van der Waals surface area contributed by atoms with E-state index in [0.29, 0.717) is 0 Å². The van der Waals surface area contributed by atoms with Crippen molar-refractivity contribution in [3.8, 4) is 0 Å². The lowest BCUT2D eigenvalue weighted by Crippen LogP contribution is -2.10. The van der Waals surface area contributed by atoms with Crippen molar-refractivity contribution in [3.05, 3.63) is 65.7 Å². The van der Waals surface area contributed by atoms with E-state index in [1.54, 1.807) is 0 Å². The molecule has 96 valence electrons. The van der Waals surface area contributed by atoms with Crippen molar-refractivity contribution < 1.29 is 4.79 Å². The molecule has 0 spiro atoms. The number of nitrogens with zero attached hydrogens (tertiary/aromatic N) is 1. The molecule has 0 aromatic heterocycles. The van der Waals surface area contributed by atoms with Crippen LogP contribution in [0.15, 0.2) is 59.6 Å². The van der Waals surface area contributed by atoms with Crippen molar-refractivity contribution in [1.82, 2.24) is 0 Å². The minimum atomic E-state index is -0.774. The van der Waals surface area contributed by atoms with E-state index < -0.39 is 10.9 Å². The Morgan fingerprint density at radius 1 is 0.947 bits per heavy atom. The van der Waals surface area contributed by atoms with Gasteiger partial charge in [0.1, 0.15) is 0 Å². The van der Waals surface area contributed by atoms with E-state index in [4.69, 9.17) is 0 Å². The van der Waals surface area contributed by atoms with Gasteiger partial charge in [0.2, 0.25) is 5.12 Å². The van der Waals surface area contributed by atoms with E-state index in [1.165, 1.54) is 5.56 Å². The summed E-state index contributed by atoms with van der Waals surface area (Å²) in [5.41, 5.74) is 4.74. The Morgan fingerprint density at radius 2 is 1.68 bits per heavy atom. The molecule has 0 radical (unpaired) electrons. The van der Waals surface area contributed by atoms with Crippen molar-refractivity contribution in [1.29, 1.82) is 0 Å². The molecule has 0 fully saturated rings. The molecule has 1 aliphatic rings. The largest absolute Gasteiger partial charge is 0.283 e. The van der Waals surface area contributed by atoms with Gasteiger partial charge >= 0.3 is 0 Å². The first-order valence-electron chi connectivity index (χ1n) is 6.33. The molecular weight excluding hydrogens is 254 g/mol. The summed E-state index contributed by atoms with van der Waals surface area (Å²) in [5.74, 6) is 0.885. The van der Waals surface area contributed by atoms with Crippen LogP contribution in [-0.4, -0.2) is 16.4 Å². The van der Waals surface area contributed by atoms with Crippen LogP contribution in [0.4, 0.5) is 5.69 Å². The standard InChI is InChI=1S/C16H15NOS/c18-16-14-8-4-5-9-15(14)17-12-19(16)11-10-13-6-2-1-3-7-13/h1-9,12,19H,10-11H2. The summed E-state index contributed by atoms with van der Waals surface area (Å²) in [6.45, 7) is 0. The van der Waals surface area contributed by atoms with Crippen LogP contribution in [-0.2, 0) is 6.42 Å². The topological polar surface area (TPSA) is 29.4 Å². The van der Waals surface area contributed by atoms with Crippen LogP contribution in [0.2, 0.25) is 0 Å². The summed E-state index contributed by atoms with van der Waals surface area (Å²) in [7, 11) is -0.774. The fraction of sp³-hybridized carbons (Fsp3) is 0.125. The zero-order valence-electron chi connectivity index (χ0n) is 10.5. The van der Waals surface area contributed by atoms with Gasteiger partial charge in [0.25, 0.3) is 0 Å². The Balaban J connectivity index is 1.73. The predicted molar refractivity (Wildman–Crippen MR) is 82.9 cm³/mol. The highest BCUT2D eigenvalue weighted by molar-refractivity contribution is 8.40. The average Bonchev–Trinajstić information content (AvgIpc) is 2.48. The smallest absolute Gasteiger partial charge is 0.206 e. The van der Waals surface area contributed by atoms with Gasteiger partial charge in [-0.15, -0.1) is 0 Å². The number of benzene rings is 2. The maximum absolute atomic E-state index is 12.4. The maximum atomic E-state index is 12.4. The number of rotatable bonds is 3. The molecule has 1 unspecified atom stereocenters. The molecule has 2 aromatic rings. The number of carbonyl (C=O) groups is 1. The molecule has 1 atom stereocenters. The molecule has 0 amide bonds. The van der Waals surface area contributed by atoms with Gasteiger partial charge in [-0.25, -0.2) is 0 Å². The van der Waals surface area contributed by atoms with Gasteiger partial charge in [0.05, 0.1) is 11.3 Å². The van der Waals surface area contributed by atoms with Crippen molar-refractivity contribution in [2.24, 2.45) is 4.99 Å². The first-order valence-corrected chi connectivity index (χ1v) is 7.92. The van der Waals surface area contributed by atoms with E-state index in [9.17, 15) is 4.79 Å².